The van der Waals surface area contributed by atoms with Gasteiger partial charge < -0.3 is 10.1 Å². The quantitative estimate of drug-likeness (QED) is 0.607. The van der Waals surface area contributed by atoms with E-state index >= 15 is 0 Å². The summed E-state index contributed by atoms with van der Waals surface area (Å²) in [6.07, 6.45) is 0.788. The summed E-state index contributed by atoms with van der Waals surface area (Å²) in [4.78, 5) is 28.8. The van der Waals surface area contributed by atoms with Crippen molar-refractivity contribution in [1.29, 1.82) is 0 Å². The molecule has 1 amide bonds. The molecule has 1 aliphatic rings. The molecule has 0 fully saturated rings. The summed E-state index contributed by atoms with van der Waals surface area (Å²) in [7, 11) is 1.38. The Morgan fingerprint density at radius 3 is 2.66 bits per heavy atom. The summed E-state index contributed by atoms with van der Waals surface area (Å²) >= 11 is 1.48. The molecule has 29 heavy (non-hydrogen) atoms. The number of thiophene rings is 1. The van der Waals surface area contributed by atoms with Gasteiger partial charge >= 0.3 is 5.97 Å². The fourth-order valence-electron chi connectivity index (χ4n) is 3.64. The minimum atomic E-state index is -0.392. The number of hydrogen-bond acceptors (Lipinski definition) is 5. The molecule has 3 aromatic rings. The van der Waals surface area contributed by atoms with Crippen molar-refractivity contribution in [3.8, 4) is 0 Å². The number of nitrogens with zero attached hydrogens (tertiary/aromatic N) is 1. The van der Waals surface area contributed by atoms with Crippen molar-refractivity contribution in [2.75, 3.05) is 25.5 Å². The average molecular weight is 431 g/mol. The summed E-state index contributed by atoms with van der Waals surface area (Å²) < 4.78 is 5.00. The van der Waals surface area contributed by atoms with Crippen LogP contribution in [0.2, 0.25) is 0 Å². The Morgan fingerprint density at radius 2 is 1.93 bits per heavy atom. The van der Waals surface area contributed by atoms with Crippen LogP contribution in [0.15, 0.2) is 42.5 Å². The number of anilines is 1. The first-order chi connectivity index (χ1) is 13.6. The van der Waals surface area contributed by atoms with E-state index in [0.717, 1.165) is 47.3 Å². The highest BCUT2D eigenvalue weighted by atomic mass is 35.5. The number of likely N-dealkylation sites (N-methyl/N-ethyl adjacent to an activating group) is 1. The van der Waals surface area contributed by atoms with Crippen molar-refractivity contribution >= 4 is 51.4 Å². The SMILES string of the molecule is CCN1CCc2c(sc(NC(=O)c3ccc4ccccc4c3)c2C(=O)OC)C1.Cl. The average Bonchev–Trinajstić information content (AvgIpc) is 3.09. The van der Waals surface area contributed by atoms with Crippen molar-refractivity contribution in [2.45, 2.75) is 19.9 Å². The van der Waals surface area contributed by atoms with Crippen LogP contribution in [-0.4, -0.2) is 37.0 Å². The van der Waals surface area contributed by atoms with Gasteiger partial charge in [-0.3, -0.25) is 9.69 Å². The number of carbonyl (C=O) groups is 2. The molecular formula is C22H23ClN2O3S. The molecule has 5 nitrogen and oxygen atoms in total. The number of ether oxygens (including phenoxy) is 1. The number of carbonyl (C=O) groups excluding carboxylic acids is 2. The highest BCUT2D eigenvalue weighted by molar-refractivity contribution is 7.17. The summed E-state index contributed by atoms with van der Waals surface area (Å²) in [5.41, 5.74) is 2.08. The molecule has 152 valence electrons. The first-order valence-electron chi connectivity index (χ1n) is 9.36. The fraction of sp³-hybridized carbons (Fsp3) is 0.273. The molecule has 2 aromatic carbocycles. The van der Waals surface area contributed by atoms with E-state index in [1.54, 1.807) is 0 Å². The zero-order chi connectivity index (χ0) is 19.7. The van der Waals surface area contributed by atoms with E-state index in [1.807, 2.05) is 42.5 Å². The smallest absolute Gasteiger partial charge is 0.341 e. The number of esters is 1. The van der Waals surface area contributed by atoms with Crippen LogP contribution in [0.1, 0.15) is 38.1 Å². The second-order valence-corrected chi connectivity index (χ2v) is 7.94. The Morgan fingerprint density at radius 1 is 1.17 bits per heavy atom. The van der Waals surface area contributed by atoms with Crippen LogP contribution in [0.5, 0.6) is 0 Å². The molecule has 1 aliphatic heterocycles. The Hall–Kier alpha value is -2.41. The summed E-state index contributed by atoms with van der Waals surface area (Å²) in [5, 5.41) is 5.62. The normalized spacial score (nSPS) is 13.4. The monoisotopic (exact) mass is 430 g/mol. The van der Waals surface area contributed by atoms with Gasteiger partial charge in [-0.25, -0.2) is 4.79 Å². The van der Waals surface area contributed by atoms with Crippen LogP contribution in [0.25, 0.3) is 10.8 Å². The highest BCUT2D eigenvalue weighted by Gasteiger charge is 2.29. The molecule has 0 spiro atoms. The van der Waals surface area contributed by atoms with Gasteiger partial charge in [0.05, 0.1) is 12.7 Å². The Labute approximate surface area is 180 Å². The molecule has 0 bridgehead atoms. The van der Waals surface area contributed by atoms with E-state index in [1.165, 1.54) is 18.4 Å². The zero-order valence-corrected chi connectivity index (χ0v) is 18.0. The van der Waals surface area contributed by atoms with Gasteiger partial charge in [0.15, 0.2) is 0 Å². The van der Waals surface area contributed by atoms with Crippen LogP contribution >= 0.6 is 23.7 Å². The van der Waals surface area contributed by atoms with Gasteiger partial charge in [-0.1, -0.05) is 37.3 Å². The molecule has 7 heteroatoms. The number of hydrogen-bond donors (Lipinski definition) is 1. The number of amides is 1. The highest BCUT2D eigenvalue weighted by Crippen LogP contribution is 2.37. The van der Waals surface area contributed by atoms with Gasteiger partial charge in [-0.15, -0.1) is 23.7 Å². The maximum absolute atomic E-state index is 12.9. The van der Waals surface area contributed by atoms with E-state index in [9.17, 15) is 9.59 Å². The van der Waals surface area contributed by atoms with E-state index in [2.05, 4.69) is 17.1 Å². The van der Waals surface area contributed by atoms with Crippen LogP contribution in [0.3, 0.4) is 0 Å². The number of fused-ring (bicyclic) bond motifs is 2. The molecule has 0 radical (unpaired) electrons. The van der Waals surface area contributed by atoms with Crippen LogP contribution in [0, 0.1) is 0 Å². The molecule has 0 saturated heterocycles. The van der Waals surface area contributed by atoms with E-state index in [0.29, 0.717) is 16.1 Å². The first-order valence-corrected chi connectivity index (χ1v) is 10.2. The van der Waals surface area contributed by atoms with Crippen molar-refractivity contribution in [3.05, 3.63) is 64.0 Å². The predicted molar refractivity (Wildman–Crippen MR) is 119 cm³/mol. The van der Waals surface area contributed by atoms with Crippen molar-refractivity contribution in [1.82, 2.24) is 4.90 Å². The molecule has 0 atom stereocenters. The molecule has 0 aliphatic carbocycles. The van der Waals surface area contributed by atoms with Gasteiger partial charge in [0.25, 0.3) is 5.91 Å². The third-order valence-electron chi connectivity index (χ3n) is 5.21. The first kappa shape index (κ1) is 21.3. The van der Waals surface area contributed by atoms with Crippen LogP contribution < -0.4 is 5.32 Å². The van der Waals surface area contributed by atoms with Gasteiger partial charge in [0.1, 0.15) is 5.00 Å². The third-order valence-corrected chi connectivity index (χ3v) is 6.34. The standard InChI is InChI=1S/C22H22N2O3S.ClH/c1-3-24-11-10-17-18(13-24)28-21(19(17)22(26)27-2)23-20(25)16-9-8-14-6-4-5-7-15(14)12-16;/h4-9,12H,3,10-11,13H2,1-2H3,(H,23,25);1H. The second kappa shape index (κ2) is 8.95. The minimum Gasteiger partial charge on any atom is -0.465 e. The Bertz CT molecular complexity index is 1060. The molecular weight excluding hydrogens is 408 g/mol. The lowest BCUT2D eigenvalue weighted by Gasteiger charge is -2.25. The number of benzene rings is 2. The lowest BCUT2D eigenvalue weighted by atomic mass is 10.0. The fourth-order valence-corrected chi connectivity index (χ4v) is 4.91. The number of nitrogens with one attached hydrogen (secondary N) is 1. The predicted octanol–water partition coefficient (Wildman–Crippen LogP) is 4.74. The molecule has 2 heterocycles. The lowest BCUT2D eigenvalue weighted by Crippen LogP contribution is -2.29. The van der Waals surface area contributed by atoms with E-state index in [4.69, 9.17) is 4.74 Å². The second-order valence-electron chi connectivity index (χ2n) is 6.83. The van der Waals surface area contributed by atoms with Crippen molar-refractivity contribution in [2.24, 2.45) is 0 Å². The molecule has 1 aromatic heterocycles. The van der Waals surface area contributed by atoms with E-state index < -0.39 is 5.97 Å². The van der Waals surface area contributed by atoms with Gasteiger partial charge in [-0.2, -0.15) is 0 Å². The molecule has 1 N–H and O–H groups in total. The number of methoxy groups -OCH3 is 1. The lowest BCUT2D eigenvalue weighted by molar-refractivity contribution is 0.0600. The molecule has 4 rings (SSSR count). The molecule has 0 saturated carbocycles. The summed E-state index contributed by atoms with van der Waals surface area (Å²) in [6, 6.07) is 13.5. The van der Waals surface area contributed by atoms with Gasteiger partial charge in [0, 0.05) is 23.5 Å². The van der Waals surface area contributed by atoms with Gasteiger partial charge in [0.2, 0.25) is 0 Å². The molecule has 0 unspecified atom stereocenters. The summed E-state index contributed by atoms with van der Waals surface area (Å²) in [6.45, 7) is 4.79. The number of halogens is 1. The maximum Gasteiger partial charge on any atom is 0.341 e. The minimum absolute atomic E-state index is 0. The maximum atomic E-state index is 12.9. The zero-order valence-electron chi connectivity index (χ0n) is 16.4. The van der Waals surface area contributed by atoms with Crippen LogP contribution in [-0.2, 0) is 17.7 Å². The number of rotatable bonds is 4. The van der Waals surface area contributed by atoms with E-state index in [-0.39, 0.29) is 18.3 Å². The third kappa shape index (κ3) is 4.15. The van der Waals surface area contributed by atoms with Crippen molar-refractivity contribution < 1.29 is 14.3 Å². The van der Waals surface area contributed by atoms with Gasteiger partial charge in [-0.05, 0) is 41.4 Å². The van der Waals surface area contributed by atoms with Crippen molar-refractivity contribution in [3.63, 3.8) is 0 Å². The Balaban J connectivity index is 0.00000240. The summed E-state index contributed by atoms with van der Waals surface area (Å²) in [5.74, 6) is -0.613. The van der Waals surface area contributed by atoms with Crippen LogP contribution in [0.4, 0.5) is 5.00 Å². The Kier molecular flexibility index (Phi) is 6.57. The topological polar surface area (TPSA) is 58.6 Å². The largest absolute Gasteiger partial charge is 0.465 e.